The van der Waals surface area contributed by atoms with Gasteiger partial charge in [0.25, 0.3) is 0 Å². The van der Waals surface area contributed by atoms with E-state index in [0.717, 1.165) is 37.9 Å². The Morgan fingerprint density at radius 3 is 2.30 bits per heavy atom. The summed E-state index contributed by atoms with van der Waals surface area (Å²) < 4.78 is 0. The number of hydrogen-bond acceptors (Lipinski definition) is 3. The lowest BCUT2D eigenvalue weighted by atomic mass is 9.63. The number of rotatable bonds is 4. The average molecular weight is 340 g/mol. The van der Waals surface area contributed by atoms with Gasteiger partial charge in [0.05, 0.1) is 0 Å². The summed E-state index contributed by atoms with van der Waals surface area (Å²) in [5, 5.41) is 0.238. The summed E-state index contributed by atoms with van der Waals surface area (Å²) >= 11 is 1.42. The van der Waals surface area contributed by atoms with Crippen LogP contribution in [0.2, 0.25) is 0 Å². The monoisotopic (exact) mass is 339 g/mol. The molecule has 0 N–H and O–H groups in total. The van der Waals surface area contributed by atoms with Crippen LogP contribution in [0, 0.1) is 11.3 Å². The topological polar surface area (TPSA) is 37.4 Å². The van der Waals surface area contributed by atoms with Crippen LogP contribution in [-0.4, -0.2) is 33.8 Å². The highest BCUT2D eigenvalue weighted by molar-refractivity contribution is 8.13. The number of carbonyl (C=O) groups is 2. The minimum atomic E-state index is -0.193. The van der Waals surface area contributed by atoms with Crippen molar-refractivity contribution in [3.8, 4) is 0 Å². The van der Waals surface area contributed by atoms with Crippen molar-refractivity contribution in [3.05, 3.63) is 0 Å². The normalized spacial score (nSPS) is 27.4. The second-order valence-electron chi connectivity index (χ2n) is 7.58. The minimum absolute atomic E-state index is 0.0373. The lowest BCUT2D eigenvalue weighted by Gasteiger charge is -2.54. The van der Waals surface area contributed by atoms with Crippen molar-refractivity contribution < 1.29 is 9.59 Å². The van der Waals surface area contributed by atoms with E-state index in [1.807, 2.05) is 25.7 Å². The lowest BCUT2D eigenvalue weighted by Crippen LogP contribution is -2.62. The highest BCUT2D eigenvalue weighted by Crippen LogP contribution is 2.50. The number of thioether (sulfide) groups is 1. The summed E-state index contributed by atoms with van der Waals surface area (Å²) in [5.74, 6) is 0.938. The molecule has 4 heteroatoms. The van der Waals surface area contributed by atoms with E-state index in [9.17, 15) is 9.59 Å². The van der Waals surface area contributed by atoms with Crippen LogP contribution in [0.5, 0.6) is 0 Å². The summed E-state index contributed by atoms with van der Waals surface area (Å²) in [6, 6.07) is 0.0465. The van der Waals surface area contributed by atoms with Gasteiger partial charge >= 0.3 is 0 Å². The smallest absolute Gasteiger partial charge is 0.226 e. The molecule has 1 aliphatic heterocycles. The predicted molar refractivity (Wildman–Crippen MR) is 97.4 cm³/mol. The molecule has 0 unspecified atom stereocenters. The summed E-state index contributed by atoms with van der Waals surface area (Å²) in [5.41, 5.74) is 0.0493. The van der Waals surface area contributed by atoms with E-state index in [0.29, 0.717) is 0 Å². The maximum Gasteiger partial charge on any atom is 0.226 e. The van der Waals surface area contributed by atoms with Gasteiger partial charge in [0, 0.05) is 12.0 Å². The van der Waals surface area contributed by atoms with E-state index in [-0.39, 0.29) is 34.4 Å². The van der Waals surface area contributed by atoms with Crippen LogP contribution >= 0.6 is 11.8 Å². The molecule has 0 bridgehead atoms. The van der Waals surface area contributed by atoms with Crippen LogP contribution < -0.4 is 0 Å². The average Bonchev–Trinajstić information content (AvgIpc) is 2.54. The molecule has 1 heterocycles. The predicted octanol–water partition coefficient (Wildman–Crippen LogP) is 4.64. The Morgan fingerprint density at radius 1 is 1.13 bits per heavy atom. The Labute approximate surface area is 146 Å². The molecule has 2 aliphatic rings. The fourth-order valence-corrected chi connectivity index (χ4v) is 5.41. The number of nitrogens with zero attached hydrogens (tertiary/aromatic N) is 1. The summed E-state index contributed by atoms with van der Waals surface area (Å²) in [4.78, 5) is 28.0. The molecular weight excluding hydrogens is 306 g/mol. The molecule has 2 rings (SSSR count). The van der Waals surface area contributed by atoms with Crippen LogP contribution in [0.15, 0.2) is 0 Å². The zero-order valence-electron chi connectivity index (χ0n) is 15.3. The standard InChI is InChI=1S/C19H33NO2S/c1-5-15-10-13-19(11-8-7-9-12-19)16(18(22)23-6-2)20(15)17(21)14(3)4/h14-16H,5-13H2,1-4H3/t15-,16-/m0/s1. The first kappa shape index (κ1) is 18.8. The van der Waals surface area contributed by atoms with Crippen LogP contribution in [0.4, 0.5) is 0 Å². The fourth-order valence-electron chi connectivity index (χ4n) is 4.61. The number of hydrogen-bond donors (Lipinski definition) is 0. The summed E-state index contributed by atoms with van der Waals surface area (Å²) in [6.45, 7) is 8.11. The zero-order chi connectivity index (χ0) is 17.0. The fraction of sp³-hybridized carbons (Fsp3) is 0.895. The summed E-state index contributed by atoms with van der Waals surface area (Å²) in [6.07, 6.45) is 9.07. The molecule has 1 aliphatic carbocycles. The van der Waals surface area contributed by atoms with Gasteiger partial charge in [0.15, 0.2) is 0 Å². The molecule has 1 spiro atoms. The molecule has 1 saturated carbocycles. The van der Waals surface area contributed by atoms with Gasteiger partial charge in [-0.15, -0.1) is 0 Å². The Bertz CT molecular complexity index is 429. The second kappa shape index (κ2) is 8.04. The minimum Gasteiger partial charge on any atom is -0.328 e. The van der Waals surface area contributed by atoms with Gasteiger partial charge in [-0.1, -0.05) is 58.7 Å². The van der Waals surface area contributed by atoms with Crippen molar-refractivity contribution in [2.75, 3.05) is 5.75 Å². The van der Waals surface area contributed by atoms with E-state index in [4.69, 9.17) is 0 Å². The highest BCUT2D eigenvalue weighted by atomic mass is 32.2. The van der Waals surface area contributed by atoms with E-state index in [1.165, 1.54) is 31.0 Å². The van der Waals surface area contributed by atoms with Crippen LogP contribution in [0.1, 0.15) is 79.1 Å². The van der Waals surface area contributed by atoms with Crippen molar-refractivity contribution in [1.29, 1.82) is 0 Å². The highest BCUT2D eigenvalue weighted by Gasteiger charge is 2.52. The first-order valence-corrected chi connectivity index (χ1v) is 10.4. The van der Waals surface area contributed by atoms with Gasteiger partial charge in [-0.05, 0) is 43.3 Å². The lowest BCUT2D eigenvalue weighted by molar-refractivity contribution is -0.155. The van der Waals surface area contributed by atoms with Crippen molar-refractivity contribution >= 4 is 22.8 Å². The molecule has 3 nitrogen and oxygen atoms in total. The van der Waals surface area contributed by atoms with Gasteiger partial charge in [-0.3, -0.25) is 9.59 Å². The Morgan fingerprint density at radius 2 is 1.78 bits per heavy atom. The summed E-state index contributed by atoms with van der Waals surface area (Å²) in [7, 11) is 0. The Hall–Kier alpha value is -0.510. The SMILES string of the molecule is CCSC(=O)[C@@H]1N(C(=O)C(C)C)[C@@H](CC)CCC12CCCCC2. The molecule has 0 aromatic heterocycles. The van der Waals surface area contributed by atoms with Gasteiger partial charge in [0.1, 0.15) is 6.04 Å². The molecule has 2 atom stereocenters. The number of amides is 1. The maximum absolute atomic E-state index is 13.0. The van der Waals surface area contributed by atoms with Gasteiger partial charge in [-0.25, -0.2) is 0 Å². The van der Waals surface area contributed by atoms with Crippen LogP contribution in [0.3, 0.4) is 0 Å². The molecule has 132 valence electrons. The largest absolute Gasteiger partial charge is 0.328 e. The van der Waals surface area contributed by atoms with Crippen molar-refractivity contribution in [1.82, 2.24) is 4.90 Å². The molecule has 1 amide bonds. The molecule has 0 aromatic rings. The quantitative estimate of drug-likeness (QED) is 0.748. The van der Waals surface area contributed by atoms with Gasteiger partial charge in [-0.2, -0.15) is 0 Å². The molecule has 0 aromatic carbocycles. The third kappa shape index (κ3) is 3.78. The van der Waals surface area contributed by atoms with Crippen LogP contribution in [0.25, 0.3) is 0 Å². The van der Waals surface area contributed by atoms with E-state index < -0.39 is 0 Å². The van der Waals surface area contributed by atoms with E-state index in [2.05, 4.69) is 6.92 Å². The number of likely N-dealkylation sites (tertiary alicyclic amines) is 1. The molecule has 0 radical (unpaired) electrons. The first-order chi connectivity index (χ1) is 11.0. The first-order valence-electron chi connectivity index (χ1n) is 9.45. The van der Waals surface area contributed by atoms with Gasteiger partial charge in [0.2, 0.25) is 11.0 Å². The number of piperidine rings is 1. The molecule has 2 fully saturated rings. The van der Waals surface area contributed by atoms with Crippen molar-refractivity contribution in [3.63, 3.8) is 0 Å². The van der Waals surface area contributed by atoms with Crippen molar-refractivity contribution in [2.45, 2.75) is 91.1 Å². The van der Waals surface area contributed by atoms with Gasteiger partial charge < -0.3 is 4.90 Å². The molecule has 23 heavy (non-hydrogen) atoms. The Balaban J connectivity index is 2.41. The molecule has 1 saturated heterocycles. The maximum atomic E-state index is 13.0. The van der Waals surface area contributed by atoms with E-state index in [1.54, 1.807) is 0 Å². The number of carbonyl (C=O) groups excluding carboxylic acids is 2. The molecular formula is C19H33NO2S. The Kier molecular flexibility index (Phi) is 6.58. The zero-order valence-corrected chi connectivity index (χ0v) is 16.1. The van der Waals surface area contributed by atoms with Crippen molar-refractivity contribution in [2.24, 2.45) is 11.3 Å². The van der Waals surface area contributed by atoms with Crippen LogP contribution in [-0.2, 0) is 9.59 Å². The van der Waals surface area contributed by atoms with E-state index >= 15 is 0 Å². The third-order valence-corrected chi connectivity index (χ3v) is 6.60. The third-order valence-electron chi connectivity index (χ3n) is 5.81. The second-order valence-corrected chi connectivity index (χ2v) is 8.85.